The fourth-order valence-electron chi connectivity index (χ4n) is 4.01. The Balaban J connectivity index is 0.00000363. The van der Waals surface area contributed by atoms with Crippen molar-refractivity contribution in [3.05, 3.63) is 71.8 Å². The molecule has 0 aromatic heterocycles. The Bertz CT molecular complexity index is 831. The average Bonchev–Trinajstić information content (AvgIpc) is 3.24. The maximum atomic E-state index is 12.4. The number of halogens is 1. The summed E-state index contributed by atoms with van der Waals surface area (Å²) in [5.41, 5.74) is 2.50. The molecule has 0 spiro atoms. The number of benzene rings is 2. The Morgan fingerprint density at radius 3 is 2.38 bits per heavy atom. The smallest absolute Gasteiger partial charge is 0.224 e. The zero-order valence-electron chi connectivity index (χ0n) is 19.2. The number of hydrogen-bond donors (Lipinski definition) is 2. The van der Waals surface area contributed by atoms with Gasteiger partial charge in [-0.1, -0.05) is 60.7 Å². The molecule has 174 valence electrons. The highest BCUT2D eigenvalue weighted by Crippen LogP contribution is 2.19. The summed E-state index contributed by atoms with van der Waals surface area (Å²) < 4.78 is 0. The van der Waals surface area contributed by atoms with E-state index in [4.69, 9.17) is 0 Å². The zero-order chi connectivity index (χ0) is 21.9. The van der Waals surface area contributed by atoms with Crippen LogP contribution in [-0.2, 0) is 17.9 Å². The number of amides is 1. The first-order valence-electron chi connectivity index (χ1n) is 11.2. The van der Waals surface area contributed by atoms with Crippen LogP contribution in [0.15, 0.2) is 65.7 Å². The molecule has 1 aliphatic heterocycles. The largest absolute Gasteiger partial charge is 0.356 e. The zero-order valence-corrected chi connectivity index (χ0v) is 21.5. The van der Waals surface area contributed by atoms with Crippen molar-refractivity contribution >= 4 is 35.8 Å². The van der Waals surface area contributed by atoms with E-state index in [0.717, 1.165) is 31.2 Å². The lowest BCUT2D eigenvalue weighted by atomic mass is 10.2. The fraction of sp³-hybridized carbons (Fsp3) is 0.440. The molecule has 1 atom stereocenters. The van der Waals surface area contributed by atoms with Crippen LogP contribution >= 0.6 is 24.0 Å². The van der Waals surface area contributed by atoms with E-state index in [1.165, 1.54) is 18.4 Å². The van der Waals surface area contributed by atoms with Gasteiger partial charge in [0.25, 0.3) is 0 Å². The molecule has 2 N–H and O–H groups in total. The summed E-state index contributed by atoms with van der Waals surface area (Å²) in [4.78, 5) is 21.0. The van der Waals surface area contributed by atoms with Crippen LogP contribution in [0.1, 0.15) is 30.4 Å². The van der Waals surface area contributed by atoms with E-state index in [1.54, 1.807) is 11.9 Å². The van der Waals surface area contributed by atoms with Gasteiger partial charge in [-0.25, -0.2) is 0 Å². The first-order chi connectivity index (χ1) is 15.2. The third-order valence-electron chi connectivity index (χ3n) is 5.78. The molecular formula is C25H36IN5O. The average molecular weight is 550 g/mol. The molecule has 2 aromatic carbocycles. The van der Waals surface area contributed by atoms with Crippen molar-refractivity contribution in [2.45, 2.75) is 38.4 Å². The van der Waals surface area contributed by atoms with Gasteiger partial charge in [0.1, 0.15) is 0 Å². The van der Waals surface area contributed by atoms with Crippen molar-refractivity contribution in [1.29, 1.82) is 0 Å². The molecule has 0 aliphatic carbocycles. The molecule has 0 bridgehead atoms. The molecule has 0 saturated carbocycles. The van der Waals surface area contributed by atoms with Gasteiger partial charge in [0.15, 0.2) is 5.96 Å². The van der Waals surface area contributed by atoms with E-state index >= 15 is 0 Å². The Hall–Kier alpha value is -2.13. The summed E-state index contributed by atoms with van der Waals surface area (Å²) in [5, 5.41) is 6.72. The van der Waals surface area contributed by atoms with Gasteiger partial charge in [-0.3, -0.25) is 14.7 Å². The summed E-state index contributed by atoms with van der Waals surface area (Å²) in [6.07, 6.45) is 2.86. The predicted octanol–water partition coefficient (Wildman–Crippen LogP) is 3.48. The molecular weight excluding hydrogens is 513 g/mol. The molecule has 1 amide bonds. The monoisotopic (exact) mass is 549 g/mol. The number of aliphatic imine (C=N–C) groups is 1. The summed E-state index contributed by atoms with van der Waals surface area (Å²) in [6, 6.07) is 21.2. The first-order valence-corrected chi connectivity index (χ1v) is 11.2. The van der Waals surface area contributed by atoms with Gasteiger partial charge in [0.05, 0.1) is 0 Å². The molecule has 1 heterocycles. The van der Waals surface area contributed by atoms with Crippen molar-refractivity contribution in [3.8, 4) is 0 Å². The van der Waals surface area contributed by atoms with Crippen molar-refractivity contribution in [3.63, 3.8) is 0 Å². The van der Waals surface area contributed by atoms with Gasteiger partial charge >= 0.3 is 0 Å². The Kier molecular flexibility index (Phi) is 11.5. The number of hydrogen-bond acceptors (Lipinski definition) is 3. The maximum absolute atomic E-state index is 12.4. The lowest BCUT2D eigenvalue weighted by molar-refractivity contribution is -0.130. The second kappa shape index (κ2) is 14.1. The minimum Gasteiger partial charge on any atom is -0.356 e. The van der Waals surface area contributed by atoms with Crippen LogP contribution in [-0.4, -0.2) is 61.4 Å². The van der Waals surface area contributed by atoms with Crippen molar-refractivity contribution < 1.29 is 4.79 Å². The predicted molar refractivity (Wildman–Crippen MR) is 142 cm³/mol. The molecule has 7 heteroatoms. The van der Waals surface area contributed by atoms with Gasteiger partial charge in [-0.2, -0.15) is 0 Å². The first kappa shape index (κ1) is 26.1. The standard InChI is InChI=1S/C25H35N5O.HI/c1-26-25(27-16-15-24(31)29(2)19-21-10-5-3-6-11-21)28-18-23-14-9-17-30(23)20-22-12-7-4-8-13-22;/h3-8,10-13,23H,9,14-20H2,1-2H3,(H2,26,27,28);1H. The van der Waals surface area contributed by atoms with Crippen molar-refractivity contribution in [1.82, 2.24) is 20.4 Å². The topological polar surface area (TPSA) is 60.0 Å². The number of rotatable bonds is 9. The molecule has 1 fully saturated rings. The molecule has 1 saturated heterocycles. The van der Waals surface area contributed by atoms with Gasteiger partial charge in [0, 0.05) is 52.7 Å². The number of nitrogens with zero attached hydrogens (tertiary/aromatic N) is 3. The van der Waals surface area contributed by atoms with E-state index in [-0.39, 0.29) is 29.9 Å². The molecule has 1 unspecified atom stereocenters. The molecule has 2 aromatic rings. The normalized spacial score (nSPS) is 16.3. The van der Waals surface area contributed by atoms with Crippen LogP contribution < -0.4 is 10.6 Å². The van der Waals surface area contributed by atoms with E-state index in [9.17, 15) is 4.79 Å². The lowest BCUT2D eigenvalue weighted by Crippen LogP contribution is -2.45. The maximum Gasteiger partial charge on any atom is 0.224 e. The van der Waals surface area contributed by atoms with Crippen LogP contribution in [0.4, 0.5) is 0 Å². The molecule has 0 radical (unpaired) electrons. The van der Waals surface area contributed by atoms with Crippen molar-refractivity contribution in [2.75, 3.05) is 33.7 Å². The number of carbonyl (C=O) groups excluding carboxylic acids is 1. The Morgan fingerprint density at radius 2 is 1.72 bits per heavy atom. The SMILES string of the molecule is CN=C(NCCC(=O)N(C)Cc1ccccc1)NCC1CCCN1Cc1ccccc1.I. The second-order valence-corrected chi connectivity index (χ2v) is 8.12. The highest BCUT2D eigenvalue weighted by Gasteiger charge is 2.24. The van der Waals surface area contributed by atoms with E-state index in [2.05, 4.69) is 50.9 Å². The van der Waals surface area contributed by atoms with Crippen LogP contribution in [0, 0.1) is 0 Å². The number of carbonyl (C=O) groups is 1. The minimum atomic E-state index is 0. The van der Waals surface area contributed by atoms with Gasteiger partial charge in [-0.15, -0.1) is 24.0 Å². The fourth-order valence-corrected chi connectivity index (χ4v) is 4.01. The van der Waals surface area contributed by atoms with Crippen LogP contribution in [0.3, 0.4) is 0 Å². The van der Waals surface area contributed by atoms with Gasteiger partial charge < -0.3 is 15.5 Å². The third kappa shape index (κ3) is 8.43. The quantitative estimate of drug-likeness (QED) is 0.286. The number of likely N-dealkylation sites (tertiary alicyclic amines) is 1. The highest BCUT2D eigenvalue weighted by atomic mass is 127. The highest BCUT2D eigenvalue weighted by molar-refractivity contribution is 14.0. The lowest BCUT2D eigenvalue weighted by Gasteiger charge is -2.25. The Labute approximate surface area is 209 Å². The van der Waals surface area contributed by atoms with E-state index in [0.29, 0.717) is 25.6 Å². The van der Waals surface area contributed by atoms with E-state index < -0.39 is 0 Å². The second-order valence-electron chi connectivity index (χ2n) is 8.12. The van der Waals surface area contributed by atoms with Crippen LogP contribution in [0.5, 0.6) is 0 Å². The summed E-state index contributed by atoms with van der Waals surface area (Å²) in [7, 11) is 3.62. The summed E-state index contributed by atoms with van der Waals surface area (Å²) >= 11 is 0. The van der Waals surface area contributed by atoms with Crippen LogP contribution in [0.2, 0.25) is 0 Å². The minimum absolute atomic E-state index is 0. The molecule has 6 nitrogen and oxygen atoms in total. The van der Waals surface area contributed by atoms with Gasteiger partial charge in [-0.05, 0) is 30.5 Å². The third-order valence-corrected chi connectivity index (χ3v) is 5.78. The number of nitrogens with one attached hydrogen (secondary N) is 2. The molecule has 1 aliphatic rings. The van der Waals surface area contributed by atoms with E-state index in [1.807, 2.05) is 37.4 Å². The van der Waals surface area contributed by atoms with Crippen molar-refractivity contribution in [2.24, 2.45) is 4.99 Å². The summed E-state index contributed by atoms with van der Waals surface area (Å²) in [5.74, 6) is 0.877. The summed E-state index contributed by atoms with van der Waals surface area (Å²) in [6.45, 7) is 4.17. The Morgan fingerprint density at radius 1 is 1.06 bits per heavy atom. The molecule has 3 rings (SSSR count). The van der Waals surface area contributed by atoms with Gasteiger partial charge in [0.2, 0.25) is 5.91 Å². The van der Waals surface area contributed by atoms with Crippen LogP contribution in [0.25, 0.3) is 0 Å². The number of guanidine groups is 1. The molecule has 32 heavy (non-hydrogen) atoms.